The Balaban J connectivity index is 1.36. The Morgan fingerprint density at radius 2 is 2.00 bits per heavy atom. The number of nitrogens with one attached hydrogen (secondary N) is 1. The minimum absolute atomic E-state index is 0.0603. The van der Waals surface area contributed by atoms with E-state index in [2.05, 4.69) is 15.2 Å². The summed E-state index contributed by atoms with van der Waals surface area (Å²) in [6.45, 7) is 3.84. The summed E-state index contributed by atoms with van der Waals surface area (Å²) >= 11 is 1.51. The van der Waals surface area contributed by atoms with E-state index < -0.39 is 0 Å². The van der Waals surface area contributed by atoms with Crippen molar-refractivity contribution in [2.45, 2.75) is 18.1 Å². The first-order chi connectivity index (χ1) is 13.7. The van der Waals surface area contributed by atoms with E-state index in [0.717, 1.165) is 30.9 Å². The molecule has 2 aliphatic heterocycles. The number of hydrogen-bond donors (Lipinski definition) is 1. The molecule has 1 aromatic carbocycles. The lowest BCUT2D eigenvalue weighted by Gasteiger charge is -2.20. The molecule has 1 aromatic rings. The lowest BCUT2D eigenvalue weighted by molar-refractivity contribution is -0.113. The number of thioether (sulfide) groups is 1. The molecule has 0 radical (unpaired) electrons. The molecule has 3 aliphatic rings. The Kier molecular flexibility index (Phi) is 5.88. The van der Waals surface area contributed by atoms with E-state index in [-0.39, 0.29) is 17.1 Å². The van der Waals surface area contributed by atoms with Gasteiger partial charge in [0.25, 0.3) is 11.8 Å². The Morgan fingerprint density at radius 3 is 2.79 bits per heavy atom. The lowest BCUT2D eigenvalue weighted by Crippen LogP contribution is -2.33. The summed E-state index contributed by atoms with van der Waals surface area (Å²) in [6, 6.07) is 7.33. The number of rotatable bonds is 5. The average Bonchev–Trinajstić information content (AvgIpc) is 3.22. The number of carbonyl (C=O) groups is 2. The Bertz CT molecular complexity index is 878. The molecule has 1 aliphatic carbocycles. The fraction of sp³-hybridized carbons (Fsp3) is 0.318. The predicted octanol–water partition coefficient (Wildman–Crippen LogP) is 3.06. The molecular formula is C22H23N3O2S. The van der Waals surface area contributed by atoms with Crippen molar-refractivity contribution in [2.24, 2.45) is 4.99 Å². The highest BCUT2D eigenvalue weighted by Crippen LogP contribution is 2.32. The molecule has 1 N–H and O–H groups in total. The third kappa shape index (κ3) is 4.51. The first-order valence-electron chi connectivity index (χ1n) is 9.66. The SMILES string of the molecule is O=C1N=C2C=CC=CC2S/C1=C/c1ccc(C(=O)NCCN2CCCC2)cc1. The summed E-state index contributed by atoms with van der Waals surface area (Å²) < 4.78 is 0. The molecule has 0 spiro atoms. The van der Waals surface area contributed by atoms with Gasteiger partial charge in [-0.25, -0.2) is 4.99 Å². The van der Waals surface area contributed by atoms with E-state index in [1.165, 1.54) is 24.6 Å². The number of aliphatic imine (C=N–C) groups is 1. The maximum absolute atomic E-state index is 12.3. The molecule has 1 unspecified atom stereocenters. The van der Waals surface area contributed by atoms with Crippen LogP contribution in [0.1, 0.15) is 28.8 Å². The summed E-state index contributed by atoms with van der Waals surface area (Å²) in [7, 11) is 0. The number of allylic oxidation sites excluding steroid dienone is 3. The van der Waals surface area contributed by atoms with Crippen molar-refractivity contribution in [1.82, 2.24) is 10.2 Å². The molecule has 1 atom stereocenters. The molecule has 1 saturated heterocycles. The van der Waals surface area contributed by atoms with Crippen molar-refractivity contribution in [1.29, 1.82) is 0 Å². The second-order valence-electron chi connectivity index (χ2n) is 7.06. The lowest BCUT2D eigenvalue weighted by atomic mass is 10.1. The van der Waals surface area contributed by atoms with Gasteiger partial charge in [0.1, 0.15) is 0 Å². The number of benzene rings is 1. The number of likely N-dealkylation sites (tertiary alicyclic amines) is 1. The van der Waals surface area contributed by atoms with Crippen LogP contribution < -0.4 is 5.32 Å². The molecule has 2 heterocycles. The second-order valence-corrected chi connectivity index (χ2v) is 8.24. The average molecular weight is 394 g/mol. The van der Waals surface area contributed by atoms with E-state index in [1.54, 1.807) is 12.1 Å². The highest BCUT2D eigenvalue weighted by Gasteiger charge is 2.25. The van der Waals surface area contributed by atoms with Crippen LogP contribution in [0.3, 0.4) is 0 Å². The number of hydrogen-bond acceptors (Lipinski definition) is 4. The Hall–Kier alpha value is -2.44. The third-order valence-electron chi connectivity index (χ3n) is 5.03. The van der Waals surface area contributed by atoms with Crippen molar-refractivity contribution >= 4 is 35.4 Å². The van der Waals surface area contributed by atoms with Crippen LogP contribution in [0.4, 0.5) is 0 Å². The molecule has 1 fully saturated rings. The van der Waals surface area contributed by atoms with Crippen LogP contribution in [-0.2, 0) is 4.79 Å². The number of nitrogens with zero attached hydrogens (tertiary/aromatic N) is 2. The van der Waals surface area contributed by atoms with E-state index in [0.29, 0.717) is 17.0 Å². The van der Waals surface area contributed by atoms with Crippen LogP contribution in [0.15, 0.2) is 58.5 Å². The minimum atomic E-state index is -0.208. The predicted molar refractivity (Wildman–Crippen MR) is 115 cm³/mol. The van der Waals surface area contributed by atoms with Crippen LogP contribution in [0, 0.1) is 0 Å². The largest absolute Gasteiger partial charge is 0.351 e. The van der Waals surface area contributed by atoms with Crippen LogP contribution in [-0.4, -0.2) is 53.9 Å². The van der Waals surface area contributed by atoms with Crippen LogP contribution in [0.5, 0.6) is 0 Å². The van der Waals surface area contributed by atoms with Crippen LogP contribution >= 0.6 is 11.8 Å². The third-order valence-corrected chi connectivity index (χ3v) is 6.23. The van der Waals surface area contributed by atoms with Gasteiger partial charge in [-0.1, -0.05) is 30.4 Å². The maximum atomic E-state index is 12.3. The van der Waals surface area contributed by atoms with Crippen LogP contribution in [0.25, 0.3) is 6.08 Å². The topological polar surface area (TPSA) is 61.8 Å². The van der Waals surface area contributed by atoms with Gasteiger partial charge >= 0.3 is 0 Å². The van der Waals surface area contributed by atoms with E-state index in [4.69, 9.17) is 0 Å². The van der Waals surface area contributed by atoms with Crippen molar-refractivity contribution in [3.63, 3.8) is 0 Å². The van der Waals surface area contributed by atoms with E-state index in [1.807, 2.05) is 42.5 Å². The highest BCUT2D eigenvalue weighted by molar-refractivity contribution is 8.05. The quantitative estimate of drug-likeness (QED) is 0.781. The zero-order valence-electron chi connectivity index (χ0n) is 15.6. The summed E-state index contributed by atoms with van der Waals surface area (Å²) in [4.78, 5) is 31.7. The Labute approximate surface area is 169 Å². The van der Waals surface area contributed by atoms with Gasteiger partial charge in [0.05, 0.1) is 15.9 Å². The van der Waals surface area contributed by atoms with Crippen LogP contribution in [0.2, 0.25) is 0 Å². The summed E-state index contributed by atoms with van der Waals surface area (Å²) in [5, 5.41) is 3.07. The molecular weight excluding hydrogens is 370 g/mol. The smallest absolute Gasteiger partial charge is 0.283 e. The monoisotopic (exact) mass is 393 g/mol. The number of fused-ring (bicyclic) bond motifs is 1. The molecule has 28 heavy (non-hydrogen) atoms. The van der Waals surface area contributed by atoms with Gasteiger partial charge in [0.15, 0.2) is 0 Å². The zero-order valence-corrected chi connectivity index (χ0v) is 16.5. The van der Waals surface area contributed by atoms with Crippen molar-refractivity contribution in [2.75, 3.05) is 26.2 Å². The standard InChI is InChI=1S/C22H23N3O2S/c26-21(23-11-14-25-12-3-4-13-25)17-9-7-16(8-10-17)15-20-22(27)24-18-5-1-2-6-19(18)28-20/h1-2,5-10,15,19H,3-4,11-14H2,(H,23,26)/b20-15+. The van der Waals surface area contributed by atoms with Gasteiger partial charge in [0.2, 0.25) is 0 Å². The second kappa shape index (κ2) is 8.71. The van der Waals surface area contributed by atoms with E-state index >= 15 is 0 Å². The number of amides is 2. The number of carbonyl (C=O) groups excluding carboxylic acids is 2. The molecule has 2 amide bonds. The van der Waals surface area contributed by atoms with Gasteiger partial charge in [-0.15, -0.1) is 11.8 Å². The van der Waals surface area contributed by atoms with Gasteiger partial charge in [0, 0.05) is 18.7 Å². The maximum Gasteiger partial charge on any atom is 0.283 e. The van der Waals surface area contributed by atoms with Crippen molar-refractivity contribution < 1.29 is 9.59 Å². The van der Waals surface area contributed by atoms with Gasteiger partial charge < -0.3 is 10.2 Å². The molecule has 4 rings (SSSR count). The molecule has 6 heteroatoms. The fourth-order valence-corrected chi connectivity index (χ4v) is 4.53. The highest BCUT2D eigenvalue weighted by atomic mass is 32.2. The minimum Gasteiger partial charge on any atom is -0.351 e. The van der Waals surface area contributed by atoms with Crippen molar-refractivity contribution in [3.8, 4) is 0 Å². The van der Waals surface area contributed by atoms with Gasteiger partial charge in [-0.05, 0) is 55.8 Å². The normalized spacial score (nSPS) is 23.0. The zero-order chi connectivity index (χ0) is 19.3. The van der Waals surface area contributed by atoms with Gasteiger partial charge in [-0.2, -0.15) is 0 Å². The summed E-state index contributed by atoms with van der Waals surface area (Å²) in [6.07, 6.45) is 12.1. The van der Waals surface area contributed by atoms with Crippen molar-refractivity contribution in [3.05, 3.63) is 64.6 Å². The first kappa shape index (κ1) is 18.9. The molecule has 0 saturated carbocycles. The van der Waals surface area contributed by atoms with E-state index in [9.17, 15) is 9.59 Å². The molecule has 144 valence electrons. The Morgan fingerprint density at radius 1 is 1.21 bits per heavy atom. The molecule has 5 nitrogen and oxygen atoms in total. The van der Waals surface area contributed by atoms with Gasteiger partial charge in [-0.3, -0.25) is 9.59 Å². The summed E-state index contributed by atoms with van der Waals surface area (Å²) in [5.41, 5.74) is 2.32. The molecule has 0 bridgehead atoms. The molecule has 0 aromatic heterocycles. The summed E-state index contributed by atoms with van der Waals surface area (Å²) in [5.74, 6) is -0.269. The first-order valence-corrected chi connectivity index (χ1v) is 10.5. The fourth-order valence-electron chi connectivity index (χ4n) is 3.49.